The van der Waals surface area contributed by atoms with Crippen molar-refractivity contribution in [2.75, 3.05) is 5.73 Å². The zero-order chi connectivity index (χ0) is 18.1. The summed E-state index contributed by atoms with van der Waals surface area (Å²) in [6.45, 7) is 3.81. The monoisotopic (exact) mass is 375 g/mol. The van der Waals surface area contributed by atoms with E-state index in [2.05, 4.69) is 0 Å². The van der Waals surface area contributed by atoms with Crippen LogP contribution < -0.4 is 5.73 Å². The molecule has 0 bridgehead atoms. The van der Waals surface area contributed by atoms with E-state index in [0.717, 1.165) is 16.7 Å². The molecule has 0 spiro atoms. The fraction of sp³-hybridized carbons (Fsp3) is 0.263. The van der Waals surface area contributed by atoms with Crippen LogP contribution in [0, 0.1) is 0 Å². The number of hydrazone groups is 1. The van der Waals surface area contributed by atoms with Crippen LogP contribution in [0.5, 0.6) is 0 Å². The molecule has 1 unspecified atom stereocenters. The number of fused-ring (bicyclic) bond motifs is 1. The molecule has 2 aromatic rings. The smallest absolute Gasteiger partial charge is 0.242 e. The molecule has 1 amide bonds. The minimum Gasteiger partial charge on any atom is -0.399 e. The van der Waals surface area contributed by atoms with Gasteiger partial charge in [-0.1, -0.05) is 42.3 Å². The molecule has 0 radical (unpaired) electrons. The summed E-state index contributed by atoms with van der Waals surface area (Å²) in [4.78, 5) is 12.4. The molecule has 6 heteroatoms. The number of benzene rings is 2. The van der Waals surface area contributed by atoms with Crippen molar-refractivity contribution in [3.8, 4) is 0 Å². The van der Waals surface area contributed by atoms with Crippen LogP contribution in [0.1, 0.15) is 37.0 Å². The highest BCUT2D eigenvalue weighted by Crippen LogP contribution is 2.31. The number of nitrogens with zero attached hydrogens (tertiary/aromatic N) is 2. The second-order valence-corrected chi connectivity index (χ2v) is 6.95. The minimum absolute atomic E-state index is 0.0227. The van der Waals surface area contributed by atoms with Crippen LogP contribution >= 0.6 is 23.2 Å². The summed E-state index contributed by atoms with van der Waals surface area (Å²) in [5, 5.41) is 7.22. The molecule has 0 saturated heterocycles. The predicted octanol–water partition coefficient (Wildman–Crippen LogP) is 4.51. The molecular formula is C19H19Cl2N3O. The van der Waals surface area contributed by atoms with E-state index in [9.17, 15) is 4.79 Å². The number of amides is 1. The van der Waals surface area contributed by atoms with Gasteiger partial charge in [0, 0.05) is 23.2 Å². The first kappa shape index (κ1) is 17.8. The fourth-order valence-electron chi connectivity index (χ4n) is 2.96. The van der Waals surface area contributed by atoms with Gasteiger partial charge in [0.15, 0.2) is 0 Å². The zero-order valence-corrected chi connectivity index (χ0v) is 15.6. The van der Waals surface area contributed by atoms with Crippen molar-refractivity contribution in [3.63, 3.8) is 0 Å². The van der Waals surface area contributed by atoms with Gasteiger partial charge < -0.3 is 5.73 Å². The first-order chi connectivity index (χ1) is 11.9. The Labute approximate surface area is 157 Å². The van der Waals surface area contributed by atoms with Crippen molar-refractivity contribution in [1.82, 2.24) is 5.01 Å². The van der Waals surface area contributed by atoms with Crippen LogP contribution in [-0.4, -0.2) is 22.7 Å². The summed E-state index contributed by atoms with van der Waals surface area (Å²) < 4.78 is 0. The van der Waals surface area contributed by atoms with E-state index in [4.69, 9.17) is 34.0 Å². The van der Waals surface area contributed by atoms with Crippen LogP contribution in [0.4, 0.5) is 5.69 Å². The summed E-state index contributed by atoms with van der Waals surface area (Å²) in [5.74, 6) is -0.0227. The third kappa shape index (κ3) is 3.51. The predicted molar refractivity (Wildman–Crippen MR) is 103 cm³/mol. The number of carbonyl (C=O) groups is 1. The maximum Gasteiger partial charge on any atom is 0.242 e. The summed E-state index contributed by atoms with van der Waals surface area (Å²) in [6.07, 6.45) is 1.04. The zero-order valence-electron chi connectivity index (χ0n) is 14.1. The number of rotatable bonds is 2. The van der Waals surface area contributed by atoms with Crippen LogP contribution in [0.25, 0.3) is 0 Å². The quantitative estimate of drug-likeness (QED) is 0.784. The molecule has 1 atom stereocenters. The van der Waals surface area contributed by atoms with Gasteiger partial charge in [-0.25, -0.2) is 5.01 Å². The number of anilines is 1. The van der Waals surface area contributed by atoms with Gasteiger partial charge in [-0.2, -0.15) is 5.10 Å². The molecule has 0 aromatic heterocycles. The van der Waals surface area contributed by atoms with E-state index in [1.54, 1.807) is 5.01 Å². The summed E-state index contributed by atoms with van der Waals surface area (Å²) in [7, 11) is 0. The topological polar surface area (TPSA) is 58.7 Å². The fourth-order valence-corrected chi connectivity index (χ4v) is 3.31. The molecule has 25 heavy (non-hydrogen) atoms. The van der Waals surface area contributed by atoms with E-state index in [-0.39, 0.29) is 11.9 Å². The second-order valence-electron chi connectivity index (χ2n) is 6.14. The Bertz CT molecular complexity index is 846. The Balaban J connectivity index is 2.23. The van der Waals surface area contributed by atoms with Gasteiger partial charge in [0.1, 0.15) is 0 Å². The lowest BCUT2D eigenvalue weighted by molar-refractivity contribution is -0.132. The van der Waals surface area contributed by atoms with Gasteiger partial charge in [-0.3, -0.25) is 4.79 Å². The van der Waals surface area contributed by atoms with Crippen molar-refractivity contribution in [2.24, 2.45) is 5.10 Å². The average Bonchev–Trinajstić information content (AvgIpc) is 2.72. The van der Waals surface area contributed by atoms with Gasteiger partial charge in [-0.15, -0.1) is 0 Å². The van der Waals surface area contributed by atoms with Crippen molar-refractivity contribution >= 4 is 40.5 Å². The molecule has 130 valence electrons. The second kappa shape index (κ2) is 7.06. The highest BCUT2D eigenvalue weighted by Gasteiger charge is 2.27. The molecule has 0 aliphatic carbocycles. The molecule has 4 nitrogen and oxygen atoms in total. The third-order valence-electron chi connectivity index (χ3n) is 4.28. The summed E-state index contributed by atoms with van der Waals surface area (Å²) in [5.41, 5.74) is 9.94. The number of halogens is 2. The van der Waals surface area contributed by atoms with Crippen molar-refractivity contribution in [3.05, 3.63) is 63.1 Å². The first-order valence-corrected chi connectivity index (χ1v) is 8.91. The van der Waals surface area contributed by atoms with Gasteiger partial charge in [0.05, 0.1) is 21.8 Å². The van der Waals surface area contributed by atoms with Crippen LogP contribution in [-0.2, 0) is 11.2 Å². The summed E-state index contributed by atoms with van der Waals surface area (Å²) >= 11 is 12.5. The SMILES string of the molecule is CCC(=O)N1N=C(c2ccc(N)cc2)c2cc(Cl)c(Cl)cc2CC1C. The molecule has 0 fully saturated rings. The van der Waals surface area contributed by atoms with Crippen molar-refractivity contribution < 1.29 is 4.79 Å². The molecule has 2 aromatic carbocycles. The molecule has 0 saturated carbocycles. The number of carbonyl (C=O) groups excluding carboxylic acids is 1. The van der Waals surface area contributed by atoms with Crippen molar-refractivity contribution in [1.29, 1.82) is 0 Å². The highest BCUT2D eigenvalue weighted by molar-refractivity contribution is 6.42. The first-order valence-electron chi connectivity index (χ1n) is 8.15. The van der Waals surface area contributed by atoms with Crippen LogP contribution in [0.15, 0.2) is 41.5 Å². The van der Waals surface area contributed by atoms with E-state index >= 15 is 0 Å². The van der Waals surface area contributed by atoms with Crippen molar-refractivity contribution in [2.45, 2.75) is 32.7 Å². The van der Waals surface area contributed by atoms with E-state index in [1.807, 2.05) is 50.2 Å². The number of hydrogen-bond donors (Lipinski definition) is 1. The molecular weight excluding hydrogens is 357 g/mol. The van der Waals surface area contributed by atoms with E-state index < -0.39 is 0 Å². The Hall–Kier alpha value is -2.04. The lowest BCUT2D eigenvalue weighted by atomic mass is 9.94. The molecule has 2 N–H and O–H groups in total. The maximum absolute atomic E-state index is 12.4. The van der Waals surface area contributed by atoms with Gasteiger partial charge in [0.2, 0.25) is 5.91 Å². The standard InChI is InChI=1S/C19H19Cl2N3O/c1-3-18(25)24-11(2)8-13-9-16(20)17(21)10-15(13)19(23-24)12-4-6-14(22)7-5-12/h4-7,9-11H,3,8,22H2,1-2H3. The molecule has 1 heterocycles. The summed E-state index contributed by atoms with van der Waals surface area (Å²) in [6, 6.07) is 11.0. The lowest BCUT2D eigenvalue weighted by Gasteiger charge is -2.22. The van der Waals surface area contributed by atoms with Crippen LogP contribution in [0.2, 0.25) is 10.0 Å². The van der Waals surface area contributed by atoms with Gasteiger partial charge >= 0.3 is 0 Å². The largest absolute Gasteiger partial charge is 0.399 e. The van der Waals surface area contributed by atoms with E-state index in [0.29, 0.717) is 34.3 Å². The molecule has 1 aliphatic heterocycles. The number of nitrogens with two attached hydrogens (primary N) is 1. The van der Waals surface area contributed by atoms with Gasteiger partial charge in [0.25, 0.3) is 0 Å². The Morgan fingerprint density at radius 3 is 2.52 bits per heavy atom. The van der Waals surface area contributed by atoms with Crippen LogP contribution in [0.3, 0.4) is 0 Å². The third-order valence-corrected chi connectivity index (χ3v) is 5.01. The lowest BCUT2D eigenvalue weighted by Crippen LogP contribution is -2.34. The maximum atomic E-state index is 12.4. The average molecular weight is 376 g/mol. The molecule has 3 rings (SSSR count). The highest BCUT2D eigenvalue weighted by atomic mass is 35.5. The van der Waals surface area contributed by atoms with E-state index in [1.165, 1.54) is 0 Å². The minimum atomic E-state index is -0.0743. The van der Waals surface area contributed by atoms with Gasteiger partial charge in [-0.05, 0) is 43.2 Å². The Morgan fingerprint density at radius 2 is 1.88 bits per heavy atom. The Kier molecular flexibility index (Phi) is 5.02. The Morgan fingerprint density at radius 1 is 1.24 bits per heavy atom. The normalized spacial score (nSPS) is 16.9. The molecule has 1 aliphatic rings. The number of nitrogen functional groups attached to an aromatic ring is 1. The number of hydrogen-bond acceptors (Lipinski definition) is 3.